The quantitative estimate of drug-likeness (QED) is 0.308. The summed E-state index contributed by atoms with van der Waals surface area (Å²) in [4.78, 5) is 15.5. The molecule has 4 aromatic rings. The van der Waals surface area contributed by atoms with Gasteiger partial charge in [-0.2, -0.15) is 5.10 Å². The third-order valence-electron chi connectivity index (χ3n) is 6.50. The van der Waals surface area contributed by atoms with Crippen molar-refractivity contribution in [3.05, 3.63) is 93.6 Å². The van der Waals surface area contributed by atoms with Gasteiger partial charge in [0.05, 0.1) is 33.1 Å². The Balaban J connectivity index is 1.51. The van der Waals surface area contributed by atoms with E-state index >= 15 is 0 Å². The molecule has 0 saturated heterocycles. The minimum Gasteiger partial charge on any atom is -0.497 e. The summed E-state index contributed by atoms with van der Waals surface area (Å²) in [5.74, 6) is 2.05. The highest BCUT2D eigenvalue weighted by atomic mass is 79.9. The fourth-order valence-electron chi connectivity index (χ4n) is 4.67. The highest BCUT2D eigenvalue weighted by Crippen LogP contribution is 2.43. The van der Waals surface area contributed by atoms with Crippen molar-refractivity contribution in [2.75, 3.05) is 27.9 Å². The van der Waals surface area contributed by atoms with Crippen molar-refractivity contribution in [3.8, 4) is 28.5 Å². The molecule has 1 aliphatic rings. The molecule has 1 aromatic heterocycles. The summed E-state index contributed by atoms with van der Waals surface area (Å²) in [5, 5.41) is 7.57. The summed E-state index contributed by atoms with van der Waals surface area (Å²) in [7, 11) is 4.88. The van der Waals surface area contributed by atoms with E-state index in [0.717, 1.165) is 38.2 Å². The number of hydrogen-bond donors (Lipinski definition) is 1. The van der Waals surface area contributed by atoms with Crippen LogP contribution in [-0.4, -0.2) is 48.9 Å². The first-order valence-corrected chi connectivity index (χ1v) is 12.3. The molecule has 7 nitrogen and oxygen atoms in total. The number of methoxy groups -OCH3 is 3. The van der Waals surface area contributed by atoms with Crippen LogP contribution in [0, 0.1) is 0 Å². The van der Waals surface area contributed by atoms with E-state index in [2.05, 4.69) is 26.1 Å². The number of H-pyrrole nitrogens is 1. The van der Waals surface area contributed by atoms with Crippen LogP contribution < -0.4 is 14.2 Å². The number of aromatic amines is 1. The van der Waals surface area contributed by atoms with E-state index in [9.17, 15) is 4.79 Å². The van der Waals surface area contributed by atoms with Crippen molar-refractivity contribution in [2.45, 2.75) is 12.5 Å². The molecule has 0 saturated carbocycles. The van der Waals surface area contributed by atoms with Crippen molar-refractivity contribution in [3.63, 3.8) is 0 Å². The molecule has 0 spiro atoms. The molecule has 0 bridgehead atoms. The molecule has 184 valence electrons. The van der Waals surface area contributed by atoms with Crippen LogP contribution in [0.5, 0.6) is 17.2 Å². The van der Waals surface area contributed by atoms with Crippen molar-refractivity contribution >= 4 is 21.8 Å². The van der Waals surface area contributed by atoms with Gasteiger partial charge in [0.25, 0.3) is 5.91 Å². The first-order chi connectivity index (χ1) is 17.5. The average Bonchev–Trinajstić information content (AvgIpc) is 3.46. The van der Waals surface area contributed by atoms with Gasteiger partial charge in [-0.05, 0) is 66.1 Å². The first kappa shape index (κ1) is 23.9. The van der Waals surface area contributed by atoms with Gasteiger partial charge in [-0.3, -0.25) is 9.89 Å². The van der Waals surface area contributed by atoms with Gasteiger partial charge >= 0.3 is 0 Å². The zero-order valence-corrected chi connectivity index (χ0v) is 21.8. The molecule has 3 aromatic carbocycles. The number of nitrogens with zero attached hydrogens (tertiary/aromatic N) is 2. The number of carbonyl (C=O) groups excluding carboxylic acids is 1. The number of rotatable bonds is 8. The standard InChI is InChI=1S/C28H26BrN3O4/c1-34-21-11-7-18(8-12-21)25-24-26(31-30-25)28(33)32(27(24)19-5-9-20(29)10-6-19)15-14-17-4-13-22(35-2)23(16-17)36-3/h4-13,16,27H,14-15H2,1-3H3,(H,30,31)/t27-/m1/s1. The second kappa shape index (κ2) is 10.1. The SMILES string of the molecule is COc1ccc(-c2n[nH]c3c2[C@@H](c2ccc(Br)cc2)N(CCc2ccc(OC)c(OC)c2)C3=O)cc1. The van der Waals surface area contributed by atoms with Gasteiger partial charge in [0.2, 0.25) is 0 Å². The second-order valence-electron chi connectivity index (χ2n) is 8.48. The lowest BCUT2D eigenvalue weighted by atomic mass is 9.96. The highest BCUT2D eigenvalue weighted by molar-refractivity contribution is 9.10. The summed E-state index contributed by atoms with van der Waals surface area (Å²) in [6, 6.07) is 21.4. The molecule has 2 heterocycles. The number of amides is 1. The first-order valence-electron chi connectivity index (χ1n) is 11.5. The zero-order chi connectivity index (χ0) is 25.2. The fourth-order valence-corrected chi connectivity index (χ4v) is 4.94. The van der Waals surface area contributed by atoms with Crippen LogP contribution in [0.15, 0.2) is 71.2 Å². The van der Waals surface area contributed by atoms with E-state index in [4.69, 9.17) is 14.2 Å². The lowest BCUT2D eigenvalue weighted by Gasteiger charge is -2.26. The van der Waals surface area contributed by atoms with E-state index < -0.39 is 0 Å². The summed E-state index contributed by atoms with van der Waals surface area (Å²) in [6.07, 6.45) is 0.661. The Bertz CT molecular complexity index is 1380. The molecule has 36 heavy (non-hydrogen) atoms. The Kier molecular flexibility index (Phi) is 6.69. The van der Waals surface area contributed by atoms with Crippen LogP contribution >= 0.6 is 15.9 Å². The van der Waals surface area contributed by atoms with Gasteiger partial charge in [-0.15, -0.1) is 0 Å². The van der Waals surface area contributed by atoms with Crippen molar-refractivity contribution < 1.29 is 19.0 Å². The number of fused-ring (bicyclic) bond motifs is 1. The molecule has 0 fully saturated rings. The number of benzene rings is 3. The number of ether oxygens (including phenoxy) is 3. The molecule has 1 atom stereocenters. The minimum atomic E-state index is -0.267. The third-order valence-corrected chi connectivity index (χ3v) is 7.03. The van der Waals surface area contributed by atoms with Crippen LogP contribution in [-0.2, 0) is 6.42 Å². The minimum absolute atomic E-state index is 0.0642. The normalized spacial score (nSPS) is 14.6. The molecule has 5 rings (SSSR count). The molecule has 0 radical (unpaired) electrons. The van der Waals surface area contributed by atoms with E-state index in [1.807, 2.05) is 71.6 Å². The summed E-state index contributed by atoms with van der Waals surface area (Å²) in [6.45, 7) is 0.527. The van der Waals surface area contributed by atoms with Gasteiger partial charge in [-0.25, -0.2) is 0 Å². The van der Waals surface area contributed by atoms with E-state index in [-0.39, 0.29) is 11.9 Å². The van der Waals surface area contributed by atoms with Gasteiger partial charge in [0, 0.05) is 22.1 Å². The molecule has 0 unspecified atom stereocenters. The van der Waals surface area contributed by atoms with Crippen molar-refractivity contribution in [2.24, 2.45) is 0 Å². The molecule has 1 N–H and O–H groups in total. The maximum atomic E-state index is 13.6. The van der Waals surface area contributed by atoms with Gasteiger partial charge < -0.3 is 19.1 Å². The third kappa shape index (κ3) is 4.33. The Morgan fingerprint density at radius 1 is 0.917 bits per heavy atom. The van der Waals surface area contributed by atoms with Gasteiger partial charge in [0.1, 0.15) is 11.4 Å². The Labute approximate surface area is 218 Å². The van der Waals surface area contributed by atoms with Gasteiger partial charge in [0.15, 0.2) is 11.5 Å². The van der Waals surface area contributed by atoms with Crippen LogP contribution in [0.1, 0.15) is 33.2 Å². The zero-order valence-electron chi connectivity index (χ0n) is 20.2. The maximum Gasteiger partial charge on any atom is 0.273 e. The fraction of sp³-hybridized carbons (Fsp3) is 0.214. The number of nitrogens with one attached hydrogen (secondary N) is 1. The Morgan fingerprint density at radius 3 is 2.31 bits per heavy atom. The topological polar surface area (TPSA) is 76.7 Å². The molecule has 8 heteroatoms. The van der Waals surface area contributed by atoms with Crippen LogP contribution in [0.25, 0.3) is 11.3 Å². The van der Waals surface area contributed by atoms with Crippen molar-refractivity contribution in [1.82, 2.24) is 15.1 Å². The van der Waals surface area contributed by atoms with Crippen molar-refractivity contribution in [1.29, 1.82) is 0 Å². The van der Waals surface area contributed by atoms with Gasteiger partial charge in [-0.1, -0.05) is 34.1 Å². The predicted molar refractivity (Wildman–Crippen MR) is 141 cm³/mol. The molecule has 1 aliphatic heterocycles. The van der Waals surface area contributed by atoms with Crippen LogP contribution in [0.2, 0.25) is 0 Å². The highest BCUT2D eigenvalue weighted by Gasteiger charge is 2.41. The number of carbonyl (C=O) groups is 1. The predicted octanol–water partition coefficient (Wildman–Crippen LogP) is 5.65. The second-order valence-corrected chi connectivity index (χ2v) is 9.40. The van der Waals surface area contributed by atoms with E-state index in [1.165, 1.54) is 0 Å². The Morgan fingerprint density at radius 2 is 1.64 bits per heavy atom. The molecule has 0 aliphatic carbocycles. The average molecular weight is 548 g/mol. The van der Waals surface area contributed by atoms with E-state index in [1.54, 1.807) is 21.3 Å². The largest absolute Gasteiger partial charge is 0.497 e. The summed E-state index contributed by atoms with van der Waals surface area (Å²) in [5.41, 5.74) is 5.18. The number of aromatic nitrogens is 2. The Hall–Kier alpha value is -3.78. The van der Waals surface area contributed by atoms with Crippen LogP contribution in [0.4, 0.5) is 0 Å². The molecular formula is C28H26BrN3O4. The summed E-state index contributed by atoms with van der Waals surface area (Å²) >= 11 is 3.52. The lowest BCUT2D eigenvalue weighted by Crippen LogP contribution is -2.31. The molecular weight excluding hydrogens is 522 g/mol. The summed E-state index contributed by atoms with van der Waals surface area (Å²) < 4.78 is 17.1. The van der Waals surface area contributed by atoms with E-state index in [0.29, 0.717) is 30.2 Å². The van der Waals surface area contributed by atoms with Crippen LogP contribution in [0.3, 0.4) is 0 Å². The monoisotopic (exact) mass is 547 g/mol. The number of halogens is 1. The maximum absolute atomic E-state index is 13.6. The number of hydrogen-bond acceptors (Lipinski definition) is 5. The lowest BCUT2D eigenvalue weighted by molar-refractivity contribution is 0.0746. The molecule has 1 amide bonds. The smallest absolute Gasteiger partial charge is 0.273 e.